The number of carbonyl (C=O) groups is 3. The van der Waals surface area contributed by atoms with Gasteiger partial charge in [-0.25, -0.2) is 9.59 Å². The molecule has 0 atom stereocenters. The SMILES string of the molecule is COC(=O)c1ccc(Oc2cccc(NC(=O)CSCc3ccc([N+](=O)[O-])cc3)c2)cc1C(=O)OC. The Bertz CT molecular complexity index is 1280. The van der Waals surface area contributed by atoms with Gasteiger partial charge in [0, 0.05) is 29.6 Å². The van der Waals surface area contributed by atoms with Crippen molar-refractivity contribution < 1.29 is 33.5 Å². The van der Waals surface area contributed by atoms with Gasteiger partial charge in [0.2, 0.25) is 5.91 Å². The van der Waals surface area contributed by atoms with Gasteiger partial charge in [-0.2, -0.15) is 0 Å². The highest BCUT2D eigenvalue weighted by Gasteiger charge is 2.19. The van der Waals surface area contributed by atoms with E-state index >= 15 is 0 Å². The number of rotatable bonds is 10. The molecule has 186 valence electrons. The lowest BCUT2D eigenvalue weighted by molar-refractivity contribution is -0.384. The monoisotopic (exact) mass is 510 g/mol. The predicted octanol–water partition coefficient (Wildman–Crippen LogP) is 4.83. The van der Waals surface area contributed by atoms with E-state index in [9.17, 15) is 24.5 Å². The van der Waals surface area contributed by atoms with Gasteiger partial charge in [-0.1, -0.05) is 18.2 Å². The van der Waals surface area contributed by atoms with E-state index in [0.717, 1.165) is 5.56 Å². The van der Waals surface area contributed by atoms with Crippen LogP contribution in [0.1, 0.15) is 26.3 Å². The van der Waals surface area contributed by atoms with Crippen molar-refractivity contribution in [2.45, 2.75) is 5.75 Å². The van der Waals surface area contributed by atoms with E-state index in [-0.39, 0.29) is 34.2 Å². The minimum atomic E-state index is -0.715. The third-order valence-corrected chi connectivity index (χ3v) is 5.81. The molecule has 36 heavy (non-hydrogen) atoms. The summed E-state index contributed by atoms with van der Waals surface area (Å²) in [6.07, 6.45) is 0. The molecule has 0 radical (unpaired) electrons. The number of ether oxygens (including phenoxy) is 3. The third kappa shape index (κ3) is 7.06. The second-order valence-electron chi connectivity index (χ2n) is 7.28. The molecule has 0 aliphatic heterocycles. The number of thioether (sulfide) groups is 1. The summed E-state index contributed by atoms with van der Waals surface area (Å²) in [6, 6.07) is 17.1. The Hall–Kier alpha value is -4.38. The number of nitrogens with zero attached hydrogens (tertiary/aromatic N) is 1. The maximum absolute atomic E-state index is 12.3. The number of anilines is 1. The molecule has 0 spiro atoms. The van der Waals surface area contributed by atoms with Gasteiger partial charge in [0.1, 0.15) is 11.5 Å². The van der Waals surface area contributed by atoms with Gasteiger partial charge in [0.15, 0.2) is 0 Å². The summed E-state index contributed by atoms with van der Waals surface area (Å²) in [4.78, 5) is 46.6. The van der Waals surface area contributed by atoms with Gasteiger partial charge >= 0.3 is 11.9 Å². The first-order valence-electron chi connectivity index (χ1n) is 10.5. The summed E-state index contributed by atoms with van der Waals surface area (Å²) < 4.78 is 15.2. The highest BCUT2D eigenvalue weighted by molar-refractivity contribution is 7.99. The van der Waals surface area contributed by atoms with Gasteiger partial charge in [-0.05, 0) is 35.9 Å². The van der Waals surface area contributed by atoms with Crippen LogP contribution in [0, 0.1) is 10.1 Å². The number of amides is 1. The summed E-state index contributed by atoms with van der Waals surface area (Å²) in [5.41, 5.74) is 1.44. The first-order valence-corrected chi connectivity index (χ1v) is 11.7. The number of hydrogen-bond donors (Lipinski definition) is 1. The van der Waals surface area contributed by atoms with E-state index in [2.05, 4.69) is 5.32 Å². The Morgan fingerprint density at radius 3 is 2.22 bits per heavy atom. The van der Waals surface area contributed by atoms with Gasteiger partial charge in [0.25, 0.3) is 5.69 Å². The molecule has 1 amide bonds. The number of nitrogens with one attached hydrogen (secondary N) is 1. The summed E-state index contributed by atoms with van der Waals surface area (Å²) >= 11 is 1.37. The molecule has 10 nitrogen and oxygen atoms in total. The molecular weight excluding hydrogens is 488 g/mol. The maximum atomic E-state index is 12.3. The van der Waals surface area contributed by atoms with Crippen LogP contribution in [0.2, 0.25) is 0 Å². The van der Waals surface area contributed by atoms with Crippen LogP contribution in [0.3, 0.4) is 0 Å². The molecule has 0 bridgehead atoms. The molecule has 3 aromatic carbocycles. The number of benzene rings is 3. The fraction of sp³-hybridized carbons (Fsp3) is 0.160. The van der Waals surface area contributed by atoms with E-state index in [1.54, 1.807) is 36.4 Å². The van der Waals surface area contributed by atoms with Crippen molar-refractivity contribution in [1.29, 1.82) is 0 Å². The van der Waals surface area contributed by atoms with Gasteiger partial charge in [0.05, 0.1) is 36.0 Å². The van der Waals surface area contributed by atoms with E-state index in [0.29, 0.717) is 17.2 Å². The van der Waals surface area contributed by atoms with Crippen molar-refractivity contribution in [2.75, 3.05) is 25.3 Å². The molecule has 0 saturated carbocycles. The Morgan fingerprint density at radius 1 is 0.889 bits per heavy atom. The molecule has 0 aliphatic carbocycles. The van der Waals surface area contributed by atoms with Crippen LogP contribution < -0.4 is 10.1 Å². The summed E-state index contributed by atoms with van der Waals surface area (Å²) in [6.45, 7) is 0. The summed E-state index contributed by atoms with van der Waals surface area (Å²) in [7, 11) is 2.41. The Labute approximate surface area is 210 Å². The number of hydrogen-bond acceptors (Lipinski definition) is 9. The topological polar surface area (TPSA) is 134 Å². The summed E-state index contributed by atoms with van der Waals surface area (Å²) in [5, 5.41) is 13.5. The molecular formula is C25H22N2O8S. The Kier molecular flexibility index (Phi) is 9.01. The second kappa shape index (κ2) is 12.4. The number of methoxy groups -OCH3 is 2. The van der Waals surface area contributed by atoms with Crippen LogP contribution in [0.15, 0.2) is 66.7 Å². The van der Waals surface area contributed by atoms with E-state index in [4.69, 9.17) is 14.2 Å². The lowest BCUT2D eigenvalue weighted by Crippen LogP contribution is -2.14. The normalized spacial score (nSPS) is 10.3. The highest BCUT2D eigenvalue weighted by atomic mass is 32.2. The predicted molar refractivity (Wildman–Crippen MR) is 134 cm³/mol. The average Bonchev–Trinajstić information content (AvgIpc) is 2.88. The molecule has 0 unspecified atom stereocenters. The van der Waals surface area contributed by atoms with E-state index in [1.807, 2.05) is 0 Å². The van der Waals surface area contributed by atoms with Crippen LogP contribution in [0.25, 0.3) is 0 Å². The molecule has 11 heteroatoms. The van der Waals surface area contributed by atoms with Gasteiger partial charge in [-0.3, -0.25) is 14.9 Å². The Balaban J connectivity index is 1.60. The molecule has 1 N–H and O–H groups in total. The van der Waals surface area contributed by atoms with Crippen LogP contribution >= 0.6 is 11.8 Å². The quantitative estimate of drug-likeness (QED) is 0.231. The highest BCUT2D eigenvalue weighted by Crippen LogP contribution is 2.27. The lowest BCUT2D eigenvalue weighted by Gasteiger charge is -2.11. The first kappa shape index (κ1) is 26.2. The van der Waals surface area contributed by atoms with Crippen molar-refractivity contribution >= 4 is 41.0 Å². The van der Waals surface area contributed by atoms with Crippen molar-refractivity contribution in [2.24, 2.45) is 0 Å². The minimum Gasteiger partial charge on any atom is -0.465 e. The zero-order valence-corrected chi connectivity index (χ0v) is 20.2. The molecule has 0 aliphatic rings. The van der Waals surface area contributed by atoms with E-state index < -0.39 is 16.9 Å². The number of esters is 2. The molecule has 3 aromatic rings. The Morgan fingerprint density at radius 2 is 1.56 bits per heavy atom. The van der Waals surface area contributed by atoms with Crippen LogP contribution in [0.4, 0.5) is 11.4 Å². The zero-order chi connectivity index (χ0) is 26.1. The van der Waals surface area contributed by atoms with Gasteiger partial charge in [-0.15, -0.1) is 11.8 Å². The van der Waals surface area contributed by atoms with Crippen LogP contribution in [-0.2, 0) is 20.0 Å². The average molecular weight is 511 g/mol. The molecule has 3 rings (SSSR count). The van der Waals surface area contributed by atoms with Crippen LogP contribution in [0.5, 0.6) is 11.5 Å². The van der Waals surface area contributed by atoms with Crippen molar-refractivity contribution in [1.82, 2.24) is 0 Å². The smallest absolute Gasteiger partial charge is 0.338 e. The van der Waals surface area contributed by atoms with Crippen molar-refractivity contribution in [3.8, 4) is 11.5 Å². The molecule has 0 fully saturated rings. The summed E-state index contributed by atoms with van der Waals surface area (Å²) in [5.74, 6) is -0.239. The van der Waals surface area contributed by atoms with E-state index in [1.165, 1.54) is 56.3 Å². The lowest BCUT2D eigenvalue weighted by atomic mass is 10.1. The number of non-ortho nitro benzene ring substituents is 1. The van der Waals surface area contributed by atoms with Gasteiger partial charge < -0.3 is 19.5 Å². The number of nitro groups is 1. The molecule has 0 saturated heterocycles. The number of nitro benzene ring substituents is 1. The van der Waals surface area contributed by atoms with Crippen molar-refractivity contribution in [3.05, 3.63) is 93.5 Å². The van der Waals surface area contributed by atoms with Crippen LogP contribution in [-0.4, -0.2) is 42.7 Å². The fourth-order valence-electron chi connectivity index (χ4n) is 3.10. The third-order valence-electron chi connectivity index (χ3n) is 4.80. The first-order chi connectivity index (χ1) is 17.3. The minimum absolute atomic E-state index is 0.00338. The van der Waals surface area contributed by atoms with Crippen molar-refractivity contribution in [3.63, 3.8) is 0 Å². The largest absolute Gasteiger partial charge is 0.465 e. The standard InChI is InChI=1S/C25H22N2O8S/c1-33-24(29)21-11-10-20(13-22(21)25(30)34-2)35-19-5-3-4-17(12-19)26-23(28)15-36-14-16-6-8-18(9-7-16)27(31)32/h3-13H,14-15H2,1-2H3,(H,26,28). The molecule has 0 aromatic heterocycles. The molecule has 0 heterocycles. The fourth-order valence-corrected chi connectivity index (χ4v) is 3.89. The second-order valence-corrected chi connectivity index (χ2v) is 8.27. The maximum Gasteiger partial charge on any atom is 0.338 e. The number of carbonyl (C=O) groups excluding carboxylic acids is 3. The zero-order valence-electron chi connectivity index (χ0n) is 19.4.